The van der Waals surface area contributed by atoms with Crippen LogP contribution in [0.25, 0.3) is 0 Å². The van der Waals surface area contributed by atoms with Gasteiger partial charge in [0, 0.05) is 37.3 Å². The second-order valence-electron chi connectivity index (χ2n) is 4.34. The molecule has 22 heavy (non-hydrogen) atoms. The summed E-state index contributed by atoms with van der Waals surface area (Å²) in [5.41, 5.74) is -0.0930. The number of anilines is 1. The van der Waals surface area contributed by atoms with Crippen LogP contribution in [0.5, 0.6) is 0 Å². The minimum Gasteiger partial charge on any atom is -0.324 e. The van der Waals surface area contributed by atoms with E-state index in [1.165, 1.54) is 23.6 Å². The molecule has 9 heteroatoms. The fourth-order valence-corrected chi connectivity index (χ4v) is 2.45. The van der Waals surface area contributed by atoms with E-state index in [1.807, 2.05) is 12.3 Å². The van der Waals surface area contributed by atoms with Crippen LogP contribution in [0, 0.1) is 10.1 Å². The molecule has 0 fully saturated rings. The molecule has 2 amide bonds. The zero-order valence-electron chi connectivity index (χ0n) is 11.9. The van der Waals surface area contributed by atoms with Crippen molar-refractivity contribution >= 4 is 28.7 Å². The highest BCUT2D eigenvalue weighted by atomic mass is 32.1. The van der Waals surface area contributed by atoms with Gasteiger partial charge in [0.05, 0.1) is 9.93 Å². The Hall–Kier alpha value is -2.55. The standard InChI is InChI=1S/C13H15N5O3S/c1-2-17(7-4-12-15-6-8-22-12)13(19)16-10-3-5-14-9-11(10)18(20)21/h3,5-6,8-9H,2,4,7H2,1H3,(H,14,16,19). The first kappa shape index (κ1) is 15.8. The molecule has 0 aliphatic carbocycles. The zero-order valence-corrected chi connectivity index (χ0v) is 12.7. The second kappa shape index (κ2) is 7.46. The number of hydrogen-bond donors (Lipinski definition) is 1. The zero-order chi connectivity index (χ0) is 15.9. The monoisotopic (exact) mass is 321 g/mol. The van der Waals surface area contributed by atoms with Crippen molar-refractivity contribution in [2.45, 2.75) is 13.3 Å². The number of aromatic nitrogens is 2. The van der Waals surface area contributed by atoms with Crippen molar-refractivity contribution < 1.29 is 9.72 Å². The Kier molecular flexibility index (Phi) is 5.37. The number of likely N-dealkylation sites (N-methyl/N-ethyl adjacent to an activating group) is 1. The number of nitrogens with zero attached hydrogens (tertiary/aromatic N) is 4. The topological polar surface area (TPSA) is 101 Å². The van der Waals surface area contributed by atoms with Gasteiger partial charge in [-0.25, -0.2) is 9.78 Å². The highest BCUT2D eigenvalue weighted by Gasteiger charge is 2.18. The molecule has 0 saturated carbocycles. The summed E-state index contributed by atoms with van der Waals surface area (Å²) in [5, 5.41) is 16.3. The first-order chi connectivity index (χ1) is 10.6. The summed E-state index contributed by atoms with van der Waals surface area (Å²) in [5.74, 6) is 0. The molecule has 0 aliphatic heterocycles. The summed E-state index contributed by atoms with van der Waals surface area (Å²) in [6.07, 6.45) is 4.88. The smallest absolute Gasteiger partial charge is 0.322 e. The lowest BCUT2D eigenvalue weighted by atomic mass is 10.3. The third-order valence-electron chi connectivity index (χ3n) is 2.99. The molecule has 0 unspecified atom stereocenters. The highest BCUT2D eigenvalue weighted by molar-refractivity contribution is 7.09. The van der Waals surface area contributed by atoms with Gasteiger partial charge in [-0.2, -0.15) is 0 Å². The van der Waals surface area contributed by atoms with E-state index in [9.17, 15) is 14.9 Å². The molecule has 0 aliphatic rings. The molecule has 1 N–H and O–H groups in total. The van der Waals surface area contributed by atoms with Gasteiger partial charge in [-0.1, -0.05) is 0 Å². The van der Waals surface area contributed by atoms with Gasteiger partial charge in [0.1, 0.15) is 11.9 Å². The van der Waals surface area contributed by atoms with Gasteiger partial charge in [0.2, 0.25) is 0 Å². The van der Waals surface area contributed by atoms with Crippen LogP contribution in [0.1, 0.15) is 11.9 Å². The van der Waals surface area contributed by atoms with E-state index in [0.29, 0.717) is 19.5 Å². The molecule has 0 bridgehead atoms. The maximum atomic E-state index is 12.2. The minimum atomic E-state index is -0.575. The summed E-state index contributed by atoms with van der Waals surface area (Å²) in [4.78, 5) is 32.0. The fraction of sp³-hybridized carbons (Fsp3) is 0.308. The number of carbonyl (C=O) groups excluding carboxylic acids is 1. The van der Waals surface area contributed by atoms with Crippen LogP contribution in [-0.4, -0.2) is 38.9 Å². The fourth-order valence-electron chi connectivity index (χ4n) is 1.84. The van der Waals surface area contributed by atoms with Crippen LogP contribution in [-0.2, 0) is 6.42 Å². The van der Waals surface area contributed by atoms with Crippen molar-refractivity contribution in [3.63, 3.8) is 0 Å². The van der Waals surface area contributed by atoms with Gasteiger partial charge < -0.3 is 10.2 Å². The molecular formula is C13H15N5O3S. The molecule has 0 spiro atoms. The Bertz CT molecular complexity index is 647. The van der Waals surface area contributed by atoms with Crippen molar-refractivity contribution in [1.29, 1.82) is 0 Å². The molecule has 0 radical (unpaired) electrons. The predicted molar refractivity (Wildman–Crippen MR) is 83.0 cm³/mol. The summed E-state index contributed by atoms with van der Waals surface area (Å²) in [6, 6.07) is 1.03. The molecule has 0 saturated heterocycles. The number of rotatable bonds is 6. The molecule has 116 valence electrons. The third kappa shape index (κ3) is 3.98. The van der Waals surface area contributed by atoms with E-state index in [0.717, 1.165) is 11.2 Å². The number of amides is 2. The van der Waals surface area contributed by atoms with Crippen LogP contribution in [0.15, 0.2) is 30.0 Å². The molecule has 2 heterocycles. The normalized spacial score (nSPS) is 10.2. The average molecular weight is 321 g/mol. The van der Waals surface area contributed by atoms with Crippen molar-refractivity contribution in [3.8, 4) is 0 Å². The maximum Gasteiger partial charge on any atom is 0.322 e. The quantitative estimate of drug-likeness (QED) is 0.651. The van der Waals surface area contributed by atoms with Crippen LogP contribution in [0.3, 0.4) is 0 Å². The first-order valence-corrected chi connectivity index (χ1v) is 7.52. The van der Waals surface area contributed by atoms with Crippen molar-refractivity contribution in [1.82, 2.24) is 14.9 Å². The number of carbonyl (C=O) groups is 1. The van der Waals surface area contributed by atoms with Gasteiger partial charge in [0.15, 0.2) is 0 Å². The van der Waals surface area contributed by atoms with Crippen LogP contribution >= 0.6 is 11.3 Å². The van der Waals surface area contributed by atoms with E-state index in [4.69, 9.17) is 0 Å². The van der Waals surface area contributed by atoms with E-state index in [-0.39, 0.29) is 17.4 Å². The SMILES string of the molecule is CCN(CCc1nccs1)C(=O)Nc1ccncc1[N+](=O)[O-]. The van der Waals surface area contributed by atoms with E-state index >= 15 is 0 Å². The molecule has 8 nitrogen and oxygen atoms in total. The molecule has 2 aromatic heterocycles. The highest BCUT2D eigenvalue weighted by Crippen LogP contribution is 2.22. The lowest BCUT2D eigenvalue weighted by molar-refractivity contribution is -0.384. The maximum absolute atomic E-state index is 12.2. The van der Waals surface area contributed by atoms with Gasteiger partial charge >= 0.3 is 11.7 Å². The average Bonchev–Trinajstić information content (AvgIpc) is 3.01. The van der Waals surface area contributed by atoms with Crippen molar-refractivity contribution in [2.24, 2.45) is 0 Å². The molecule has 2 aromatic rings. The molecule has 0 atom stereocenters. The number of nitrogens with one attached hydrogen (secondary N) is 1. The van der Waals surface area contributed by atoms with Crippen molar-refractivity contribution in [3.05, 3.63) is 45.2 Å². The van der Waals surface area contributed by atoms with Crippen LogP contribution in [0.4, 0.5) is 16.2 Å². The Morgan fingerprint density at radius 1 is 1.50 bits per heavy atom. The number of pyridine rings is 1. The Labute approximate surface area is 131 Å². The number of thiazole rings is 1. The molecule has 2 rings (SSSR count). The number of hydrogen-bond acceptors (Lipinski definition) is 6. The molecular weight excluding hydrogens is 306 g/mol. The lowest BCUT2D eigenvalue weighted by Crippen LogP contribution is -2.36. The van der Waals surface area contributed by atoms with Crippen molar-refractivity contribution in [2.75, 3.05) is 18.4 Å². The first-order valence-electron chi connectivity index (χ1n) is 6.64. The summed E-state index contributed by atoms with van der Waals surface area (Å²) in [7, 11) is 0. The number of urea groups is 1. The third-order valence-corrected chi connectivity index (χ3v) is 3.83. The van der Waals surface area contributed by atoms with E-state index in [2.05, 4.69) is 15.3 Å². The Morgan fingerprint density at radius 2 is 2.32 bits per heavy atom. The summed E-state index contributed by atoms with van der Waals surface area (Å²) in [6.45, 7) is 2.84. The van der Waals surface area contributed by atoms with Gasteiger partial charge in [0.25, 0.3) is 0 Å². The van der Waals surface area contributed by atoms with E-state index < -0.39 is 4.92 Å². The Balaban J connectivity index is 2.01. The second-order valence-corrected chi connectivity index (χ2v) is 5.31. The van der Waals surface area contributed by atoms with E-state index in [1.54, 1.807) is 11.1 Å². The molecule has 0 aromatic carbocycles. The van der Waals surface area contributed by atoms with Crippen LogP contribution < -0.4 is 5.32 Å². The lowest BCUT2D eigenvalue weighted by Gasteiger charge is -2.20. The largest absolute Gasteiger partial charge is 0.324 e. The predicted octanol–water partition coefficient (Wildman–Crippen LogP) is 2.54. The minimum absolute atomic E-state index is 0.137. The number of nitro groups is 1. The van der Waals surface area contributed by atoms with Gasteiger partial charge in [-0.3, -0.25) is 15.1 Å². The Morgan fingerprint density at radius 3 is 2.95 bits per heavy atom. The summed E-state index contributed by atoms with van der Waals surface area (Å²) >= 11 is 1.53. The van der Waals surface area contributed by atoms with Crippen LogP contribution in [0.2, 0.25) is 0 Å². The summed E-state index contributed by atoms with van der Waals surface area (Å²) < 4.78 is 0. The van der Waals surface area contributed by atoms with Gasteiger partial charge in [-0.05, 0) is 13.0 Å². The van der Waals surface area contributed by atoms with Gasteiger partial charge in [-0.15, -0.1) is 11.3 Å².